The van der Waals surface area contributed by atoms with Gasteiger partial charge in [-0.2, -0.15) is 0 Å². The first-order chi connectivity index (χ1) is 11.7. The van der Waals surface area contributed by atoms with Gasteiger partial charge in [-0.25, -0.2) is 4.98 Å². The third-order valence-electron chi connectivity index (χ3n) is 4.48. The molecule has 0 unspecified atom stereocenters. The Morgan fingerprint density at radius 3 is 2.71 bits per heavy atom. The summed E-state index contributed by atoms with van der Waals surface area (Å²) >= 11 is 0. The number of nitrogens with zero attached hydrogens (tertiary/aromatic N) is 2. The third kappa shape index (κ3) is 4.68. The van der Waals surface area contributed by atoms with Gasteiger partial charge in [-0.3, -0.25) is 14.7 Å². The number of anilines is 1. The highest BCUT2D eigenvalue weighted by Gasteiger charge is 2.19. The van der Waals surface area contributed by atoms with Crippen molar-refractivity contribution >= 4 is 5.95 Å². The maximum absolute atomic E-state index is 11.7. The molecule has 3 rings (SSSR count). The number of rotatable bonds is 6. The van der Waals surface area contributed by atoms with E-state index < -0.39 is 0 Å². The zero-order valence-electron chi connectivity index (χ0n) is 14.3. The molecule has 1 aromatic heterocycles. The minimum absolute atomic E-state index is 0.0718. The molecule has 5 heteroatoms. The first kappa shape index (κ1) is 16.7. The zero-order valence-corrected chi connectivity index (χ0v) is 14.3. The monoisotopic (exact) mass is 326 g/mol. The second kappa shape index (κ2) is 8.11. The molecule has 1 aliphatic heterocycles. The maximum Gasteiger partial charge on any atom is 0.252 e. The Hall–Kier alpha value is -2.14. The molecular formula is C19H26N4O. The Labute approximate surface area is 143 Å². The molecule has 1 saturated heterocycles. The minimum atomic E-state index is -0.0718. The maximum atomic E-state index is 11.7. The molecule has 24 heavy (non-hydrogen) atoms. The van der Waals surface area contributed by atoms with E-state index in [9.17, 15) is 4.79 Å². The van der Waals surface area contributed by atoms with Crippen molar-refractivity contribution in [3.05, 3.63) is 58.0 Å². The molecule has 0 aliphatic carbocycles. The summed E-state index contributed by atoms with van der Waals surface area (Å²) in [6.07, 6.45) is 3.96. The number of hydrogen-bond acceptors (Lipinski definition) is 4. The van der Waals surface area contributed by atoms with E-state index in [2.05, 4.69) is 57.4 Å². The number of piperidine rings is 1. The number of aromatic amines is 1. The van der Waals surface area contributed by atoms with E-state index in [1.165, 1.54) is 5.56 Å². The van der Waals surface area contributed by atoms with Gasteiger partial charge < -0.3 is 5.32 Å². The van der Waals surface area contributed by atoms with E-state index >= 15 is 0 Å². The molecule has 128 valence electrons. The highest BCUT2D eigenvalue weighted by atomic mass is 16.1. The van der Waals surface area contributed by atoms with Crippen LogP contribution in [-0.4, -0.2) is 34.0 Å². The van der Waals surface area contributed by atoms with E-state index in [-0.39, 0.29) is 5.56 Å². The number of nitrogens with one attached hydrogen (secondary N) is 2. The number of H-pyrrole nitrogens is 1. The Morgan fingerprint density at radius 1 is 1.25 bits per heavy atom. The Balaban J connectivity index is 1.53. The molecule has 0 atom stereocenters. The highest BCUT2D eigenvalue weighted by Crippen LogP contribution is 2.16. The summed E-state index contributed by atoms with van der Waals surface area (Å²) in [6.45, 7) is 5.23. The van der Waals surface area contributed by atoms with E-state index in [0.717, 1.165) is 51.0 Å². The molecule has 1 aliphatic rings. The lowest BCUT2D eigenvalue weighted by atomic mass is 10.0. The second-order valence-electron chi connectivity index (χ2n) is 6.52. The largest absolute Gasteiger partial charge is 0.353 e. The van der Waals surface area contributed by atoms with Gasteiger partial charge in [0.05, 0.1) is 0 Å². The lowest BCUT2D eigenvalue weighted by Crippen LogP contribution is -2.39. The summed E-state index contributed by atoms with van der Waals surface area (Å²) in [7, 11) is 0. The number of likely N-dealkylation sites (tertiary alicyclic amines) is 1. The summed E-state index contributed by atoms with van der Waals surface area (Å²) < 4.78 is 0. The van der Waals surface area contributed by atoms with Crippen LogP contribution in [0.5, 0.6) is 0 Å². The number of aromatic nitrogens is 2. The van der Waals surface area contributed by atoms with Crippen molar-refractivity contribution in [2.75, 3.05) is 18.4 Å². The molecule has 5 nitrogen and oxygen atoms in total. The van der Waals surface area contributed by atoms with Crippen LogP contribution in [-0.2, 0) is 13.0 Å². The number of hydrogen-bond donors (Lipinski definition) is 2. The Morgan fingerprint density at radius 2 is 2.00 bits per heavy atom. The average Bonchev–Trinajstić information content (AvgIpc) is 2.57. The van der Waals surface area contributed by atoms with Crippen LogP contribution in [0.15, 0.2) is 41.2 Å². The van der Waals surface area contributed by atoms with Crippen LogP contribution < -0.4 is 10.9 Å². The van der Waals surface area contributed by atoms with Crippen LogP contribution in [0.1, 0.15) is 37.4 Å². The second-order valence-corrected chi connectivity index (χ2v) is 6.52. The van der Waals surface area contributed by atoms with Crippen LogP contribution >= 0.6 is 0 Å². The summed E-state index contributed by atoms with van der Waals surface area (Å²) in [6, 6.07) is 12.6. The van der Waals surface area contributed by atoms with Gasteiger partial charge in [0.2, 0.25) is 5.95 Å². The fraction of sp³-hybridized carbons (Fsp3) is 0.474. The first-order valence-corrected chi connectivity index (χ1v) is 8.86. The molecule has 0 radical (unpaired) electrons. The van der Waals surface area contributed by atoms with Crippen LogP contribution in [0.25, 0.3) is 0 Å². The lowest BCUT2D eigenvalue weighted by molar-refractivity contribution is 0.211. The summed E-state index contributed by atoms with van der Waals surface area (Å²) in [5, 5.41) is 3.41. The molecule has 0 amide bonds. The Kier molecular flexibility index (Phi) is 5.64. The molecule has 0 saturated carbocycles. The van der Waals surface area contributed by atoms with Gasteiger partial charge >= 0.3 is 0 Å². The van der Waals surface area contributed by atoms with Gasteiger partial charge in [-0.1, -0.05) is 43.7 Å². The van der Waals surface area contributed by atoms with Crippen molar-refractivity contribution in [3.8, 4) is 0 Å². The van der Waals surface area contributed by atoms with E-state index in [1.54, 1.807) is 6.07 Å². The minimum Gasteiger partial charge on any atom is -0.353 e. The molecule has 2 aromatic rings. The number of aryl methyl sites for hydroxylation is 1. The van der Waals surface area contributed by atoms with Gasteiger partial charge in [0.15, 0.2) is 0 Å². The quantitative estimate of drug-likeness (QED) is 0.857. The van der Waals surface area contributed by atoms with Crippen molar-refractivity contribution in [1.29, 1.82) is 0 Å². The SMILES string of the molecule is CCCc1cc(=O)[nH]c(NC2CCN(Cc3ccccc3)CC2)n1. The van der Waals surface area contributed by atoms with Crippen LogP contribution in [0, 0.1) is 0 Å². The van der Waals surface area contributed by atoms with E-state index in [1.807, 2.05) is 0 Å². The van der Waals surface area contributed by atoms with E-state index in [0.29, 0.717) is 12.0 Å². The smallest absolute Gasteiger partial charge is 0.252 e. The topological polar surface area (TPSA) is 61.0 Å². The van der Waals surface area contributed by atoms with Gasteiger partial charge in [-0.05, 0) is 24.8 Å². The molecule has 1 fully saturated rings. The standard InChI is InChI=1S/C19H26N4O/c1-2-6-17-13-18(24)22-19(21-17)20-16-9-11-23(12-10-16)14-15-7-4-3-5-8-15/h3-5,7-8,13,16H,2,6,9-12,14H2,1H3,(H2,20,21,22,24). The third-order valence-corrected chi connectivity index (χ3v) is 4.48. The summed E-state index contributed by atoms with van der Waals surface area (Å²) in [5.74, 6) is 0.618. The van der Waals surface area contributed by atoms with Crippen molar-refractivity contribution in [2.24, 2.45) is 0 Å². The van der Waals surface area contributed by atoms with Crippen molar-refractivity contribution in [1.82, 2.24) is 14.9 Å². The molecule has 1 aromatic carbocycles. The van der Waals surface area contributed by atoms with Gasteiger partial charge in [-0.15, -0.1) is 0 Å². The fourth-order valence-electron chi connectivity index (χ4n) is 3.23. The Bertz CT molecular complexity index is 690. The predicted octanol–water partition coefficient (Wildman–Crippen LogP) is 2.80. The van der Waals surface area contributed by atoms with Gasteiger partial charge in [0, 0.05) is 37.4 Å². The van der Waals surface area contributed by atoms with Crippen molar-refractivity contribution in [2.45, 2.75) is 45.2 Å². The highest BCUT2D eigenvalue weighted by molar-refractivity contribution is 5.27. The molecule has 0 spiro atoms. The molecule has 2 N–H and O–H groups in total. The lowest BCUT2D eigenvalue weighted by Gasteiger charge is -2.32. The van der Waals surface area contributed by atoms with Crippen molar-refractivity contribution in [3.63, 3.8) is 0 Å². The van der Waals surface area contributed by atoms with Crippen molar-refractivity contribution < 1.29 is 0 Å². The molecule has 0 bridgehead atoms. The molecule has 2 heterocycles. The normalized spacial score (nSPS) is 16.2. The fourth-order valence-corrected chi connectivity index (χ4v) is 3.23. The predicted molar refractivity (Wildman–Crippen MR) is 97.2 cm³/mol. The van der Waals surface area contributed by atoms with E-state index in [4.69, 9.17) is 0 Å². The first-order valence-electron chi connectivity index (χ1n) is 8.86. The zero-order chi connectivity index (χ0) is 16.8. The summed E-state index contributed by atoms with van der Waals surface area (Å²) in [4.78, 5) is 21.6. The number of benzene rings is 1. The van der Waals surface area contributed by atoms with Gasteiger partial charge in [0.1, 0.15) is 0 Å². The average molecular weight is 326 g/mol. The van der Waals surface area contributed by atoms with Crippen LogP contribution in [0.2, 0.25) is 0 Å². The summed E-state index contributed by atoms with van der Waals surface area (Å²) in [5.41, 5.74) is 2.16. The molecular weight excluding hydrogens is 300 g/mol. The van der Waals surface area contributed by atoms with Gasteiger partial charge in [0.25, 0.3) is 5.56 Å². The van der Waals surface area contributed by atoms with Crippen LogP contribution in [0.3, 0.4) is 0 Å². The van der Waals surface area contributed by atoms with Crippen LogP contribution in [0.4, 0.5) is 5.95 Å².